The zero-order chi connectivity index (χ0) is 9.59. The van der Waals surface area contributed by atoms with Crippen LogP contribution in [0.25, 0.3) is 0 Å². The fourth-order valence-electron chi connectivity index (χ4n) is 2.30. The van der Waals surface area contributed by atoms with Gasteiger partial charge in [-0.25, -0.2) is 0 Å². The van der Waals surface area contributed by atoms with E-state index in [4.69, 9.17) is 0 Å². The van der Waals surface area contributed by atoms with Crippen LogP contribution in [0, 0.1) is 17.8 Å². The van der Waals surface area contributed by atoms with Crippen molar-refractivity contribution in [3.05, 3.63) is 12.2 Å². The summed E-state index contributed by atoms with van der Waals surface area (Å²) < 4.78 is 0. The molecule has 0 aromatic rings. The van der Waals surface area contributed by atoms with E-state index in [1.807, 2.05) is 19.1 Å². The van der Waals surface area contributed by atoms with Crippen LogP contribution in [0.4, 0.5) is 0 Å². The number of carbonyl (C=O) groups excluding carboxylic acids is 2. The van der Waals surface area contributed by atoms with Gasteiger partial charge in [0.1, 0.15) is 0 Å². The number of nitrogens with zero attached hydrogens (tertiary/aromatic N) is 1. The van der Waals surface area contributed by atoms with E-state index in [0.29, 0.717) is 0 Å². The molecule has 2 amide bonds. The molecule has 0 saturated carbocycles. The Morgan fingerprint density at radius 2 is 2.08 bits per heavy atom. The van der Waals surface area contributed by atoms with Gasteiger partial charge >= 0.3 is 0 Å². The molecular formula is C10H13NO2. The van der Waals surface area contributed by atoms with E-state index in [0.717, 1.165) is 6.42 Å². The Hall–Kier alpha value is -1.12. The standard InChI is InChI=1S/C10H13NO2/c1-6-4-3-5-7-8(6)10(13)11(2)9(7)12/h3-4,6-8H,5H2,1-2H3/t6-,7+,8-/m0/s1. The lowest BCUT2D eigenvalue weighted by molar-refractivity contribution is -0.138. The van der Waals surface area contributed by atoms with E-state index in [-0.39, 0.29) is 29.6 Å². The molecule has 13 heavy (non-hydrogen) atoms. The second-order valence-electron chi connectivity index (χ2n) is 3.89. The van der Waals surface area contributed by atoms with Crippen molar-refractivity contribution in [2.24, 2.45) is 17.8 Å². The van der Waals surface area contributed by atoms with Crippen molar-refractivity contribution in [3.63, 3.8) is 0 Å². The predicted molar refractivity (Wildman–Crippen MR) is 47.7 cm³/mol. The Bertz CT molecular complexity index is 295. The summed E-state index contributed by atoms with van der Waals surface area (Å²) in [6.45, 7) is 2.00. The molecule has 3 nitrogen and oxygen atoms in total. The van der Waals surface area contributed by atoms with Gasteiger partial charge in [-0.3, -0.25) is 14.5 Å². The zero-order valence-electron chi connectivity index (χ0n) is 7.86. The van der Waals surface area contributed by atoms with Crippen LogP contribution in [0.2, 0.25) is 0 Å². The number of allylic oxidation sites excluding steroid dienone is 2. The highest BCUT2D eigenvalue weighted by Gasteiger charge is 2.48. The van der Waals surface area contributed by atoms with Gasteiger partial charge < -0.3 is 0 Å². The third kappa shape index (κ3) is 1.03. The molecule has 2 rings (SSSR count). The summed E-state index contributed by atoms with van der Waals surface area (Å²) in [6.07, 6.45) is 4.77. The molecule has 3 heteroatoms. The molecule has 2 aliphatic rings. The predicted octanol–water partition coefficient (Wildman–Crippen LogP) is 0.813. The lowest BCUT2D eigenvalue weighted by Gasteiger charge is -2.22. The minimum atomic E-state index is -0.0949. The van der Waals surface area contributed by atoms with Crippen molar-refractivity contribution in [1.82, 2.24) is 4.90 Å². The summed E-state index contributed by atoms with van der Waals surface area (Å²) in [5.74, 6) is 0.0122. The fourth-order valence-corrected chi connectivity index (χ4v) is 2.30. The molecule has 1 heterocycles. The summed E-state index contributed by atoms with van der Waals surface area (Å²) in [7, 11) is 1.58. The monoisotopic (exact) mass is 179 g/mol. The molecule has 70 valence electrons. The molecule has 0 aromatic carbocycles. The molecule has 1 aliphatic carbocycles. The van der Waals surface area contributed by atoms with E-state index in [9.17, 15) is 9.59 Å². The molecule has 0 bridgehead atoms. The van der Waals surface area contributed by atoms with Gasteiger partial charge in [0, 0.05) is 7.05 Å². The molecule has 3 atom stereocenters. The van der Waals surface area contributed by atoms with Crippen molar-refractivity contribution in [1.29, 1.82) is 0 Å². The molecule has 1 aliphatic heterocycles. The smallest absolute Gasteiger partial charge is 0.233 e. The second-order valence-corrected chi connectivity index (χ2v) is 3.89. The maximum absolute atomic E-state index is 11.6. The van der Waals surface area contributed by atoms with Gasteiger partial charge in [0.15, 0.2) is 0 Å². The van der Waals surface area contributed by atoms with Gasteiger partial charge in [0.2, 0.25) is 11.8 Å². The lowest BCUT2D eigenvalue weighted by Crippen LogP contribution is -2.27. The van der Waals surface area contributed by atoms with Crippen molar-refractivity contribution in [2.75, 3.05) is 7.05 Å². The van der Waals surface area contributed by atoms with Gasteiger partial charge in [-0.05, 0) is 12.3 Å². The lowest BCUT2D eigenvalue weighted by atomic mass is 9.78. The highest BCUT2D eigenvalue weighted by atomic mass is 16.2. The van der Waals surface area contributed by atoms with E-state index in [1.54, 1.807) is 7.05 Å². The van der Waals surface area contributed by atoms with Gasteiger partial charge in [0.25, 0.3) is 0 Å². The molecule has 0 aromatic heterocycles. The highest BCUT2D eigenvalue weighted by molar-refractivity contribution is 6.05. The number of imide groups is 1. The maximum Gasteiger partial charge on any atom is 0.233 e. The summed E-state index contributed by atoms with van der Waals surface area (Å²) in [5.41, 5.74) is 0. The summed E-state index contributed by atoms with van der Waals surface area (Å²) in [4.78, 5) is 24.5. The highest BCUT2D eigenvalue weighted by Crippen LogP contribution is 2.37. The van der Waals surface area contributed by atoms with Crippen LogP contribution in [0.3, 0.4) is 0 Å². The Morgan fingerprint density at radius 1 is 1.38 bits per heavy atom. The number of likely N-dealkylation sites (tertiary alicyclic amines) is 1. The largest absolute Gasteiger partial charge is 0.285 e. The zero-order valence-corrected chi connectivity index (χ0v) is 7.86. The second kappa shape index (κ2) is 2.69. The van der Waals surface area contributed by atoms with Crippen LogP contribution in [0.15, 0.2) is 12.2 Å². The first kappa shape index (κ1) is 8.48. The first-order valence-corrected chi connectivity index (χ1v) is 4.61. The van der Waals surface area contributed by atoms with E-state index in [2.05, 4.69) is 0 Å². The number of amides is 2. The fraction of sp³-hybridized carbons (Fsp3) is 0.600. The van der Waals surface area contributed by atoms with Crippen LogP contribution in [-0.2, 0) is 9.59 Å². The Kier molecular flexibility index (Phi) is 1.75. The third-order valence-electron chi connectivity index (χ3n) is 3.09. The van der Waals surface area contributed by atoms with Crippen LogP contribution < -0.4 is 0 Å². The molecule has 1 fully saturated rings. The van der Waals surface area contributed by atoms with Crippen molar-refractivity contribution in [3.8, 4) is 0 Å². The number of carbonyl (C=O) groups is 2. The van der Waals surface area contributed by atoms with Gasteiger partial charge in [-0.1, -0.05) is 19.1 Å². The normalized spacial score (nSPS) is 38.3. The maximum atomic E-state index is 11.6. The topological polar surface area (TPSA) is 37.4 Å². The summed E-state index contributed by atoms with van der Waals surface area (Å²) in [6, 6.07) is 0. The number of hydrogen-bond donors (Lipinski definition) is 0. The van der Waals surface area contributed by atoms with Crippen molar-refractivity contribution in [2.45, 2.75) is 13.3 Å². The molecular weight excluding hydrogens is 166 g/mol. The van der Waals surface area contributed by atoms with Crippen LogP contribution in [0.1, 0.15) is 13.3 Å². The molecule has 0 radical (unpaired) electrons. The quantitative estimate of drug-likeness (QED) is 0.407. The minimum Gasteiger partial charge on any atom is -0.285 e. The number of fused-ring (bicyclic) bond motifs is 1. The average molecular weight is 179 g/mol. The average Bonchev–Trinajstić information content (AvgIpc) is 2.33. The molecule has 0 spiro atoms. The van der Waals surface area contributed by atoms with Gasteiger partial charge in [-0.2, -0.15) is 0 Å². The van der Waals surface area contributed by atoms with E-state index >= 15 is 0 Å². The van der Waals surface area contributed by atoms with Crippen molar-refractivity contribution >= 4 is 11.8 Å². The first-order valence-electron chi connectivity index (χ1n) is 4.61. The molecule has 0 unspecified atom stereocenters. The van der Waals surface area contributed by atoms with Crippen LogP contribution in [0.5, 0.6) is 0 Å². The van der Waals surface area contributed by atoms with E-state index < -0.39 is 0 Å². The Balaban J connectivity index is 2.36. The summed E-state index contributed by atoms with van der Waals surface area (Å²) in [5, 5.41) is 0. The minimum absolute atomic E-state index is 0.00755. The third-order valence-corrected chi connectivity index (χ3v) is 3.09. The Morgan fingerprint density at radius 3 is 2.69 bits per heavy atom. The Labute approximate surface area is 77.4 Å². The van der Waals surface area contributed by atoms with Crippen LogP contribution >= 0.6 is 0 Å². The van der Waals surface area contributed by atoms with Crippen molar-refractivity contribution < 1.29 is 9.59 Å². The molecule has 0 N–H and O–H groups in total. The van der Waals surface area contributed by atoms with Gasteiger partial charge in [0.05, 0.1) is 11.8 Å². The summed E-state index contributed by atoms with van der Waals surface area (Å²) >= 11 is 0. The number of hydrogen-bond acceptors (Lipinski definition) is 2. The van der Waals surface area contributed by atoms with Gasteiger partial charge in [-0.15, -0.1) is 0 Å². The first-order chi connectivity index (χ1) is 6.13. The number of rotatable bonds is 0. The van der Waals surface area contributed by atoms with Crippen LogP contribution in [-0.4, -0.2) is 23.8 Å². The molecule has 1 saturated heterocycles. The SMILES string of the molecule is C[C@H]1C=CC[C@H]2C(=O)N(C)C(=O)[C@@H]12. The van der Waals surface area contributed by atoms with E-state index in [1.165, 1.54) is 4.90 Å².